The van der Waals surface area contributed by atoms with Gasteiger partial charge in [0, 0.05) is 0 Å². The standard InChI is InChI=1S/3CHNS.Fe.K/c3*2-1-3;;/h3*3H;;/q;;;+2;+1/p-3. The average Bonchev–Trinajstić information content (AvgIpc) is 1.70. The molecule has 54 valence electrons. The van der Waals surface area contributed by atoms with Crippen molar-refractivity contribution in [2.24, 2.45) is 0 Å². The van der Waals surface area contributed by atoms with Crippen LogP contribution in [0.5, 0.6) is 0 Å². The molecule has 0 spiro atoms. The molecule has 0 rings (SSSR count). The van der Waals surface area contributed by atoms with Crippen LogP contribution >= 0.6 is 0 Å². The zero-order valence-corrected chi connectivity index (χ0v) is 12.1. The Morgan fingerprint density at radius 2 is 0.727 bits per heavy atom. The Morgan fingerprint density at radius 1 is 0.727 bits per heavy atom. The quantitative estimate of drug-likeness (QED) is 0.266. The van der Waals surface area contributed by atoms with E-state index in [2.05, 4.69) is 37.9 Å². The van der Waals surface area contributed by atoms with E-state index in [0.717, 1.165) is 0 Å². The van der Waals surface area contributed by atoms with Crippen molar-refractivity contribution < 1.29 is 68.5 Å². The molecule has 0 unspecified atom stereocenters. The van der Waals surface area contributed by atoms with Gasteiger partial charge in [0.1, 0.15) is 0 Å². The van der Waals surface area contributed by atoms with Crippen molar-refractivity contribution in [1.82, 2.24) is 0 Å². The Hall–Kier alpha value is 1.29. The first kappa shape index (κ1) is 29.5. The molecule has 0 atom stereocenters. The maximum absolute atomic E-state index is 7.13. The van der Waals surface area contributed by atoms with Gasteiger partial charge in [-0.25, -0.2) is 15.8 Å². The van der Waals surface area contributed by atoms with Gasteiger partial charge >= 0.3 is 68.5 Å². The number of rotatable bonds is 0. The van der Waals surface area contributed by atoms with Crippen LogP contribution in [0.1, 0.15) is 0 Å². The van der Waals surface area contributed by atoms with Crippen molar-refractivity contribution in [1.29, 1.82) is 15.8 Å². The summed E-state index contributed by atoms with van der Waals surface area (Å²) in [6.45, 7) is 0. The summed E-state index contributed by atoms with van der Waals surface area (Å²) in [5, 5.41) is 25.4. The molecule has 0 amide bonds. The molecule has 0 radical (unpaired) electrons. The van der Waals surface area contributed by atoms with Gasteiger partial charge in [-0.15, -0.1) is 0 Å². The van der Waals surface area contributed by atoms with Crippen LogP contribution in [0.4, 0.5) is 0 Å². The summed E-state index contributed by atoms with van der Waals surface area (Å²) in [5.74, 6) is 0. The molecule has 0 N–H and O–H groups in total. The van der Waals surface area contributed by atoms with E-state index in [1.165, 1.54) is 16.2 Å². The predicted molar refractivity (Wildman–Crippen MR) is 38.9 cm³/mol. The molecule has 3 nitrogen and oxygen atoms in total. The zero-order valence-electron chi connectivity index (χ0n) is 5.42. The molecule has 0 aliphatic heterocycles. The summed E-state index contributed by atoms with van der Waals surface area (Å²) in [6, 6.07) is 0. The normalized spacial score (nSPS) is 1.91. The van der Waals surface area contributed by atoms with Gasteiger partial charge in [0.05, 0.1) is 0 Å². The van der Waals surface area contributed by atoms with Crippen molar-refractivity contribution in [2.45, 2.75) is 0 Å². The second-order valence-corrected chi connectivity index (χ2v) is 0.822. The van der Waals surface area contributed by atoms with Gasteiger partial charge in [-0.1, -0.05) is 16.2 Å². The van der Waals surface area contributed by atoms with E-state index >= 15 is 0 Å². The third-order valence-corrected chi connectivity index (χ3v) is 0. The van der Waals surface area contributed by atoms with Gasteiger partial charge < -0.3 is 37.9 Å². The van der Waals surface area contributed by atoms with E-state index in [4.69, 9.17) is 15.8 Å². The minimum atomic E-state index is 0. The zero-order chi connectivity index (χ0) is 8.12. The molecule has 0 aromatic carbocycles. The Balaban J connectivity index is -0.0000000150. The van der Waals surface area contributed by atoms with E-state index in [9.17, 15) is 0 Å². The molecule has 0 aliphatic carbocycles. The summed E-state index contributed by atoms with van der Waals surface area (Å²) in [4.78, 5) is 0. The van der Waals surface area contributed by atoms with Crippen LogP contribution in [0.3, 0.4) is 0 Å². The van der Waals surface area contributed by atoms with Crippen molar-refractivity contribution in [3.63, 3.8) is 0 Å². The summed E-state index contributed by atoms with van der Waals surface area (Å²) < 4.78 is 0. The Bertz CT molecular complexity index is 117. The molecule has 0 saturated carbocycles. The van der Waals surface area contributed by atoms with E-state index in [-0.39, 0.29) is 68.5 Å². The fourth-order valence-electron chi connectivity index (χ4n) is 0. The summed E-state index contributed by atoms with van der Waals surface area (Å²) in [5.41, 5.74) is 0. The third kappa shape index (κ3) is 589. The number of hydrogen-bond acceptors (Lipinski definition) is 6. The van der Waals surface area contributed by atoms with E-state index < -0.39 is 0 Å². The second-order valence-electron chi connectivity index (χ2n) is 0.274. The second kappa shape index (κ2) is 65.0. The Labute approximate surface area is 136 Å². The summed E-state index contributed by atoms with van der Waals surface area (Å²) in [7, 11) is 0. The molecule has 0 saturated heterocycles. The van der Waals surface area contributed by atoms with Crippen LogP contribution in [0, 0.1) is 32.0 Å². The van der Waals surface area contributed by atoms with Crippen molar-refractivity contribution in [2.75, 3.05) is 0 Å². The molecule has 0 aliphatic rings. The third-order valence-electron chi connectivity index (χ3n) is 0. The molecule has 0 heterocycles. The van der Waals surface area contributed by atoms with Gasteiger partial charge in [-0.05, 0) is 0 Å². The molecule has 0 bridgehead atoms. The van der Waals surface area contributed by atoms with Gasteiger partial charge in [0.25, 0.3) is 0 Å². The van der Waals surface area contributed by atoms with Gasteiger partial charge in [-0.2, -0.15) is 0 Å². The van der Waals surface area contributed by atoms with Crippen LogP contribution < -0.4 is 51.4 Å². The van der Waals surface area contributed by atoms with Crippen LogP contribution in [0.15, 0.2) is 0 Å². The molecule has 0 fully saturated rings. The largest absolute Gasteiger partial charge is 2.00 e. The smallest absolute Gasteiger partial charge is 0.696 e. The predicted octanol–water partition coefficient (Wildman–Crippen LogP) is -2.96. The summed E-state index contributed by atoms with van der Waals surface area (Å²) >= 11 is 11.1. The monoisotopic (exact) mass is 269 g/mol. The van der Waals surface area contributed by atoms with Gasteiger partial charge in [0.15, 0.2) is 0 Å². The van der Waals surface area contributed by atoms with Gasteiger partial charge in [-0.3, -0.25) is 0 Å². The Kier molecular flexibility index (Phi) is 174. The number of thiocyanates is 3. The number of nitriles is 3. The first-order valence-electron chi connectivity index (χ1n) is 1.28. The van der Waals surface area contributed by atoms with Crippen molar-refractivity contribution in [3.8, 4) is 16.2 Å². The van der Waals surface area contributed by atoms with Crippen LogP contribution in [-0.4, -0.2) is 0 Å². The SMILES string of the molecule is N#C[S-].N#C[S-].N#C[S-].[Fe+2].[K+]. The molecular formula is C3FeKN3S3. The minimum Gasteiger partial charge on any atom is -0.696 e. The van der Waals surface area contributed by atoms with Crippen molar-refractivity contribution >= 4 is 37.9 Å². The van der Waals surface area contributed by atoms with E-state index in [1.807, 2.05) is 0 Å². The van der Waals surface area contributed by atoms with E-state index in [1.54, 1.807) is 0 Å². The van der Waals surface area contributed by atoms with Gasteiger partial charge in [0.2, 0.25) is 0 Å². The van der Waals surface area contributed by atoms with E-state index in [0.29, 0.717) is 0 Å². The molecule has 8 heteroatoms. The van der Waals surface area contributed by atoms with Crippen molar-refractivity contribution in [3.05, 3.63) is 0 Å². The molecular weight excluding hydrogens is 269 g/mol. The fourth-order valence-corrected chi connectivity index (χ4v) is 0. The maximum Gasteiger partial charge on any atom is 2.00 e. The first-order chi connectivity index (χ1) is 4.24. The number of nitrogens with zero attached hydrogens (tertiary/aromatic N) is 3. The van der Waals surface area contributed by atoms with Crippen LogP contribution in [-0.2, 0) is 55.0 Å². The minimum absolute atomic E-state index is 0. The maximum atomic E-state index is 7.13. The van der Waals surface area contributed by atoms with Crippen LogP contribution in [0.2, 0.25) is 0 Å². The topological polar surface area (TPSA) is 71.4 Å². The molecule has 0 aromatic heterocycles. The Morgan fingerprint density at radius 3 is 0.727 bits per heavy atom. The average molecular weight is 269 g/mol. The molecule has 0 aromatic rings. The summed E-state index contributed by atoms with van der Waals surface area (Å²) in [6.07, 6.45) is 0. The van der Waals surface area contributed by atoms with Crippen LogP contribution in [0.25, 0.3) is 0 Å². The fraction of sp³-hybridized carbons (Fsp3) is 0. The first-order valence-corrected chi connectivity index (χ1v) is 2.51. The molecule has 11 heavy (non-hydrogen) atoms. The number of hydrogen-bond donors (Lipinski definition) is 0.